The predicted octanol–water partition coefficient (Wildman–Crippen LogP) is 4.82. The molecule has 2 rings (SSSR count). The highest BCUT2D eigenvalue weighted by atomic mass is 16.6. The molecule has 12 heteroatoms. The van der Waals surface area contributed by atoms with Crippen molar-refractivity contribution in [2.24, 2.45) is 0 Å². The van der Waals surface area contributed by atoms with Gasteiger partial charge in [0.05, 0.1) is 125 Å². The highest BCUT2D eigenvalue weighted by Crippen LogP contribution is 2.38. The van der Waals surface area contributed by atoms with Crippen LogP contribution in [0.1, 0.15) is 24.5 Å². The first-order chi connectivity index (χ1) is 25.6. The van der Waals surface area contributed by atoms with Gasteiger partial charge < -0.3 is 47.7 Å². The minimum Gasteiger partial charge on any atom is -0.497 e. The number of ether oxygens (including phenoxy) is 9. The van der Waals surface area contributed by atoms with Crippen LogP contribution in [0.3, 0.4) is 0 Å². The van der Waals surface area contributed by atoms with Gasteiger partial charge in [0, 0.05) is 6.54 Å². The number of aliphatic carboxylic acids is 1. The fraction of sp³-hybridized carbons (Fsp3) is 0.525. The normalized spacial score (nSPS) is 13.0. The summed E-state index contributed by atoms with van der Waals surface area (Å²) in [6.45, 7) is 13.6. The van der Waals surface area contributed by atoms with Crippen molar-refractivity contribution in [2.75, 3.05) is 119 Å². The van der Waals surface area contributed by atoms with Crippen molar-refractivity contribution in [1.29, 1.82) is 0 Å². The fourth-order valence-electron chi connectivity index (χ4n) is 5.06. The Kier molecular flexibility index (Phi) is 25.9. The van der Waals surface area contributed by atoms with E-state index in [-0.39, 0.29) is 13.0 Å². The largest absolute Gasteiger partial charge is 0.497 e. The summed E-state index contributed by atoms with van der Waals surface area (Å²) in [5.41, 5.74) is 2.67. The van der Waals surface area contributed by atoms with Gasteiger partial charge >= 0.3 is 5.97 Å². The monoisotopic (exact) mass is 729 g/mol. The van der Waals surface area contributed by atoms with E-state index in [4.69, 9.17) is 47.7 Å². The minimum absolute atomic E-state index is 0.00509. The molecule has 0 heterocycles. The number of carboxylic acids is 1. The van der Waals surface area contributed by atoms with Crippen molar-refractivity contribution in [2.45, 2.75) is 18.9 Å². The lowest BCUT2D eigenvalue weighted by Gasteiger charge is -2.38. The molecule has 0 aliphatic heterocycles. The van der Waals surface area contributed by atoms with E-state index in [9.17, 15) is 4.79 Å². The molecule has 12 nitrogen and oxygen atoms in total. The first-order valence-electron chi connectivity index (χ1n) is 17.8. The quantitative estimate of drug-likeness (QED) is 0.0756. The zero-order valence-electron chi connectivity index (χ0n) is 31.0. The van der Waals surface area contributed by atoms with Crippen molar-refractivity contribution in [3.8, 4) is 5.75 Å². The number of carbonyl (C=O) groups is 1. The van der Waals surface area contributed by atoms with Gasteiger partial charge in [-0.15, -0.1) is 0 Å². The molecule has 1 atom stereocenters. The van der Waals surface area contributed by atoms with E-state index in [1.807, 2.05) is 31.2 Å². The Morgan fingerprint density at radius 2 is 1.08 bits per heavy atom. The first kappa shape index (κ1) is 44.7. The molecule has 0 saturated carbocycles. The smallest absolute Gasteiger partial charge is 0.305 e. The van der Waals surface area contributed by atoms with Crippen LogP contribution in [-0.2, 0) is 48.2 Å². The first-order valence-corrected chi connectivity index (χ1v) is 17.8. The number of methoxy groups -OCH3 is 1. The van der Waals surface area contributed by atoms with Crippen LogP contribution >= 0.6 is 0 Å². The SMILES string of the molecule is C=C/C=C\C(=C/C)[C@](NCCOCCOCCOCCOCCOCCOCCOCCOCCC(=O)O)(c1ccccc1)c1ccc(OC)cc1. The minimum atomic E-state index is -0.875. The number of nitrogens with one attached hydrogen (secondary N) is 1. The molecule has 0 bridgehead atoms. The summed E-state index contributed by atoms with van der Waals surface area (Å²) in [6, 6.07) is 18.6. The van der Waals surface area contributed by atoms with Crippen LogP contribution in [0.15, 0.2) is 91.1 Å². The Labute approximate surface area is 309 Å². The zero-order chi connectivity index (χ0) is 37.4. The molecule has 0 amide bonds. The molecule has 0 aliphatic rings. The molecule has 52 heavy (non-hydrogen) atoms. The number of hydrogen-bond donors (Lipinski definition) is 2. The second kappa shape index (κ2) is 30.1. The van der Waals surface area contributed by atoms with Gasteiger partial charge in [0.2, 0.25) is 0 Å². The van der Waals surface area contributed by atoms with Gasteiger partial charge in [-0.3, -0.25) is 10.1 Å². The van der Waals surface area contributed by atoms with Gasteiger partial charge in [-0.05, 0) is 35.8 Å². The summed E-state index contributed by atoms with van der Waals surface area (Å²) in [5, 5.41) is 12.3. The average Bonchev–Trinajstić information content (AvgIpc) is 3.17. The Bertz CT molecular complexity index is 1240. The van der Waals surface area contributed by atoms with Gasteiger partial charge in [-0.25, -0.2) is 0 Å². The van der Waals surface area contributed by atoms with Crippen molar-refractivity contribution in [3.63, 3.8) is 0 Å². The van der Waals surface area contributed by atoms with E-state index < -0.39 is 11.5 Å². The molecule has 0 saturated heterocycles. The highest BCUT2D eigenvalue weighted by molar-refractivity contribution is 5.66. The molecule has 0 unspecified atom stereocenters. The van der Waals surface area contributed by atoms with Crippen LogP contribution in [0.2, 0.25) is 0 Å². The van der Waals surface area contributed by atoms with Crippen LogP contribution in [0.25, 0.3) is 0 Å². The van der Waals surface area contributed by atoms with Gasteiger partial charge in [-0.1, -0.05) is 73.3 Å². The molecule has 2 aromatic carbocycles. The predicted molar refractivity (Wildman–Crippen MR) is 200 cm³/mol. The lowest BCUT2D eigenvalue weighted by atomic mass is 9.76. The number of allylic oxidation sites excluding steroid dienone is 3. The van der Waals surface area contributed by atoms with Gasteiger partial charge in [0.1, 0.15) is 5.75 Å². The summed E-state index contributed by atoms with van der Waals surface area (Å²) in [7, 11) is 1.67. The average molecular weight is 730 g/mol. The van der Waals surface area contributed by atoms with Gasteiger partial charge in [-0.2, -0.15) is 0 Å². The Hall–Kier alpha value is -3.43. The van der Waals surface area contributed by atoms with E-state index in [1.54, 1.807) is 13.2 Å². The fourth-order valence-corrected chi connectivity index (χ4v) is 5.06. The molecule has 290 valence electrons. The third-order valence-electron chi connectivity index (χ3n) is 7.59. The summed E-state index contributed by atoms with van der Waals surface area (Å²) in [6.07, 6.45) is 7.94. The molecular formula is C40H59NO11. The number of rotatable bonds is 34. The Balaban J connectivity index is 1.52. The molecule has 2 aromatic rings. The Morgan fingerprint density at radius 1 is 0.654 bits per heavy atom. The van der Waals surface area contributed by atoms with E-state index in [2.05, 4.69) is 60.4 Å². The number of hydrogen-bond acceptors (Lipinski definition) is 11. The third kappa shape index (κ3) is 18.9. The second-order valence-electron chi connectivity index (χ2n) is 11.2. The second-order valence-corrected chi connectivity index (χ2v) is 11.2. The molecule has 0 radical (unpaired) electrons. The van der Waals surface area contributed by atoms with Crippen molar-refractivity contribution in [3.05, 3.63) is 102 Å². The summed E-state index contributed by atoms with van der Waals surface area (Å²) in [4.78, 5) is 10.4. The molecule has 2 N–H and O–H groups in total. The molecule has 0 aromatic heterocycles. The van der Waals surface area contributed by atoms with E-state index in [1.165, 1.54) is 0 Å². The maximum atomic E-state index is 10.4. The van der Waals surface area contributed by atoms with Crippen LogP contribution < -0.4 is 10.1 Å². The van der Waals surface area contributed by atoms with Gasteiger partial charge in [0.15, 0.2) is 0 Å². The number of carboxylic acid groups (broad SMARTS) is 1. The molecule has 0 spiro atoms. The van der Waals surface area contributed by atoms with Crippen LogP contribution in [0.4, 0.5) is 0 Å². The summed E-state index contributed by atoms with van der Waals surface area (Å²) in [5.74, 6) is -0.0752. The standard InChI is InChI=1S/C40H59NO11/c1-4-6-10-35(5-2)40(36-11-8-7-9-12-36,37-13-15-38(44-3)16-14-37)41-18-20-46-22-24-48-26-28-50-30-32-52-34-33-51-31-29-49-27-25-47-23-21-45-19-17-39(42)43/h4-16,41H,1,17-34H2,2-3H3,(H,42,43)/b10-6-,35-5+/t40-/m0/s1. The maximum absolute atomic E-state index is 10.4. The van der Waals surface area contributed by atoms with Crippen molar-refractivity contribution >= 4 is 5.97 Å². The maximum Gasteiger partial charge on any atom is 0.305 e. The van der Waals surface area contributed by atoms with E-state index >= 15 is 0 Å². The van der Waals surface area contributed by atoms with Gasteiger partial charge in [0.25, 0.3) is 0 Å². The van der Waals surface area contributed by atoms with Crippen molar-refractivity contribution < 1.29 is 52.5 Å². The van der Waals surface area contributed by atoms with Crippen molar-refractivity contribution in [1.82, 2.24) is 5.32 Å². The number of benzene rings is 2. The van der Waals surface area contributed by atoms with Crippen LogP contribution in [0.5, 0.6) is 5.75 Å². The summed E-state index contributed by atoms with van der Waals surface area (Å²) >= 11 is 0. The van der Waals surface area contributed by atoms with Crippen LogP contribution in [0, 0.1) is 0 Å². The Morgan fingerprint density at radius 3 is 1.48 bits per heavy atom. The van der Waals surface area contributed by atoms with E-state index in [0.29, 0.717) is 106 Å². The third-order valence-corrected chi connectivity index (χ3v) is 7.59. The topological polar surface area (TPSA) is 132 Å². The molecule has 0 fully saturated rings. The lowest BCUT2D eigenvalue weighted by Crippen LogP contribution is -2.46. The van der Waals surface area contributed by atoms with E-state index in [0.717, 1.165) is 22.4 Å². The molecular weight excluding hydrogens is 670 g/mol. The molecule has 0 aliphatic carbocycles. The zero-order valence-corrected chi connectivity index (χ0v) is 31.0. The highest BCUT2D eigenvalue weighted by Gasteiger charge is 2.36. The lowest BCUT2D eigenvalue weighted by molar-refractivity contribution is -0.138. The van der Waals surface area contributed by atoms with Crippen LogP contribution in [-0.4, -0.2) is 130 Å². The summed E-state index contributed by atoms with van der Waals surface area (Å²) < 4.78 is 49.5.